The van der Waals surface area contributed by atoms with Crippen LogP contribution >= 0.6 is 33.9 Å². The summed E-state index contributed by atoms with van der Waals surface area (Å²) in [5.74, 6) is -0.704. The van der Waals surface area contributed by atoms with Gasteiger partial charge in [-0.2, -0.15) is 0 Å². The predicted molar refractivity (Wildman–Crippen MR) is 70.1 cm³/mol. The smallest absolute Gasteiger partial charge is 0.338 e. The molecule has 0 atom stereocenters. The highest BCUT2D eigenvalue weighted by Crippen LogP contribution is 2.33. The highest BCUT2D eigenvalue weighted by atomic mass is 35.7. The van der Waals surface area contributed by atoms with Gasteiger partial charge in [0.05, 0.1) is 21.7 Å². The first-order valence-electron chi connectivity index (χ1n) is 4.77. The lowest BCUT2D eigenvalue weighted by Crippen LogP contribution is -2.12. The van der Waals surface area contributed by atoms with E-state index in [0.717, 1.165) is 6.07 Å². The van der Waals surface area contributed by atoms with Crippen LogP contribution in [0.4, 0.5) is 0 Å². The molecule has 0 saturated carbocycles. The first-order valence-corrected chi connectivity index (χ1v) is 7.84. The van der Waals surface area contributed by atoms with Crippen molar-refractivity contribution in [1.29, 1.82) is 0 Å². The van der Waals surface area contributed by atoms with Crippen LogP contribution in [-0.4, -0.2) is 20.5 Å². The summed E-state index contributed by atoms with van der Waals surface area (Å²) in [6.07, 6.45) is -0.344. The minimum Gasteiger partial charge on any atom is -0.459 e. The Kier molecular flexibility index (Phi) is 4.89. The fourth-order valence-electron chi connectivity index (χ4n) is 1.14. The van der Waals surface area contributed by atoms with Crippen LogP contribution in [0.25, 0.3) is 0 Å². The number of esters is 1. The molecule has 0 aliphatic rings. The van der Waals surface area contributed by atoms with E-state index in [2.05, 4.69) is 0 Å². The number of halogens is 3. The van der Waals surface area contributed by atoms with Crippen molar-refractivity contribution in [1.82, 2.24) is 0 Å². The summed E-state index contributed by atoms with van der Waals surface area (Å²) < 4.78 is 27.5. The number of carbonyl (C=O) groups excluding carboxylic acids is 1. The minimum atomic E-state index is -4.09. The molecule has 1 aromatic rings. The molecular formula is C10H9Cl3O4S. The quantitative estimate of drug-likeness (QED) is 0.628. The van der Waals surface area contributed by atoms with E-state index in [0.29, 0.717) is 0 Å². The van der Waals surface area contributed by atoms with E-state index in [9.17, 15) is 13.2 Å². The normalized spacial score (nSPS) is 11.7. The molecule has 1 aromatic carbocycles. The lowest BCUT2D eigenvalue weighted by Gasteiger charge is -2.10. The van der Waals surface area contributed by atoms with Crippen LogP contribution in [0.1, 0.15) is 24.2 Å². The van der Waals surface area contributed by atoms with Gasteiger partial charge in [0.25, 0.3) is 9.05 Å². The summed E-state index contributed by atoms with van der Waals surface area (Å²) in [6, 6.07) is 2.25. The number of ether oxygens (including phenoxy) is 1. The fourth-order valence-corrected chi connectivity index (χ4v) is 2.91. The lowest BCUT2D eigenvalue weighted by molar-refractivity contribution is 0.0377. The van der Waals surface area contributed by atoms with E-state index < -0.39 is 19.9 Å². The Morgan fingerprint density at radius 2 is 1.83 bits per heavy atom. The van der Waals surface area contributed by atoms with Crippen LogP contribution in [0, 0.1) is 0 Å². The highest BCUT2D eigenvalue weighted by Gasteiger charge is 2.21. The van der Waals surface area contributed by atoms with Crippen molar-refractivity contribution in [2.24, 2.45) is 0 Å². The molecule has 18 heavy (non-hydrogen) atoms. The molecule has 0 aliphatic heterocycles. The molecule has 4 nitrogen and oxygen atoms in total. The second kappa shape index (κ2) is 5.65. The monoisotopic (exact) mass is 330 g/mol. The highest BCUT2D eigenvalue weighted by molar-refractivity contribution is 8.13. The first-order chi connectivity index (χ1) is 8.12. The zero-order valence-electron chi connectivity index (χ0n) is 9.41. The number of hydrogen-bond donors (Lipinski definition) is 0. The maximum absolute atomic E-state index is 11.6. The third-order valence-corrected chi connectivity index (χ3v) is 4.10. The Morgan fingerprint density at radius 3 is 2.28 bits per heavy atom. The van der Waals surface area contributed by atoms with Crippen LogP contribution in [0.5, 0.6) is 0 Å². The van der Waals surface area contributed by atoms with Crippen molar-refractivity contribution < 1.29 is 17.9 Å². The molecule has 0 saturated heterocycles. The Balaban J connectivity index is 3.34. The van der Waals surface area contributed by atoms with Crippen molar-refractivity contribution in [2.45, 2.75) is 24.8 Å². The average Bonchev–Trinajstić information content (AvgIpc) is 2.18. The Morgan fingerprint density at radius 1 is 1.28 bits per heavy atom. The van der Waals surface area contributed by atoms with Crippen molar-refractivity contribution in [3.8, 4) is 0 Å². The summed E-state index contributed by atoms with van der Waals surface area (Å²) in [6.45, 7) is 3.32. The molecule has 8 heteroatoms. The van der Waals surface area contributed by atoms with Gasteiger partial charge in [-0.1, -0.05) is 23.2 Å². The Hall–Kier alpha value is -0.490. The van der Waals surface area contributed by atoms with E-state index in [-0.39, 0.29) is 21.7 Å². The van der Waals surface area contributed by atoms with Gasteiger partial charge in [-0.3, -0.25) is 0 Å². The molecule has 1 rings (SSSR count). The van der Waals surface area contributed by atoms with Crippen LogP contribution in [0.3, 0.4) is 0 Å². The van der Waals surface area contributed by atoms with Crippen molar-refractivity contribution in [3.63, 3.8) is 0 Å². The van der Waals surface area contributed by atoms with Gasteiger partial charge < -0.3 is 4.74 Å². The molecule has 100 valence electrons. The van der Waals surface area contributed by atoms with Crippen molar-refractivity contribution in [2.75, 3.05) is 0 Å². The van der Waals surface area contributed by atoms with E-state index in [1.807, 2.05) is 0 Å². The molecule has 0 fully saturated rings. The summed E-state index contributed by atoms with van der Waals surface area (Å²) >= 11 is 11.5. The molecule has 0 bridgehead atoms. The second-order valence-corrected chi connectivity index (χ2v) is 6.98. The number of rotatable bonds is 3. The molecule has 0 unspecified atom stereocenters. The zero-order chi connectivity index (χ0) is 14.1. The molecule has 0 N–H and O–H groups in total. The second-order valence-electron chi connectivity index (χ2n) is 3.66. The van der Waals surface area contributed by atoms with Gasteiger partial charge in [0.2, 0.25) is 0 Å². The van der Waals surface area contributed by atoms with Crippen LogP contribution in [0.15, 0.2) is 17.0 Å². The minimum absolute atomic E-state index is 0.0303. The molecule has 0 aromatic heterocycles. The summed E-state index contributed by atoms with van der Waals surface area (Å²) in [5.41, 5.74) is -0.0303. The zero-order valence-corrected chi connectivity index (χ0v) is 12.5. The van der Waals surface area contributed by atoms with Crippen LogP contribution in [0.2, 0.25) is 10.0 Å². The van der Waals surface area contributed by atoms with Gasteiger partial charge in [0, 0.05) is 10.7 Å². The number of carbonyl (C=O) groups is 1. The van der Waals surface area contributed by atoms with Crippen molar-refractivity contribution >= 4 is 48.9 Å². The Labute approximate surface area is 119 Å². The fraction of sp³-hybridized carbons (Fsp3) is 0.300. The van der Waals surface area contributed by atoms with Gasteiger partial charge in [-0.25, -0.2) is 13.2 Å². The average molecular weight is 332 g/mol. The molecule has 0 heterocycles. The van der Waals surface area contributed by atoms with E-state index in [1.54, 1.807) is 13.8 Å². The topological polar surface area (TPSA) is 60.4 Å². The Bertz CT molecular complexity index is 581. The molecule has 0 amide bonds. The molecule has 0 spiro atoms. The SMILES string of the molecule is CC(C)OC(=O)c1cc(Cl)c(Cl)c(S(=O)(=O)Cl)c1. The summed E-state index contributed by atoms with van der Waals surface area (Å²) in [5, 5.41) is -0.318. The maximum atomic E-state index is 11.6. The molecule has 0 aliphatic carbocycles. The molecular weight excluding hydrogens is 323 g/mol. The maximum Gasteiger partial charge on any atom is 0.338 e. The number of benzene rings is 1. The molecule has 0 radical (unpaired) electrons. The largest absolute Gasteiger partial charge is 0.459 e. The van der Waals surface area contributed by atoms with Gasteiger partial charge in [-0.05, 0) is 26.0 Å². The first kappa shape index (κ1) is 15.6. The number of hydrogen-bond acceptors (Lipinski definition) is 4. The van der Waals surface area contributed by atoms with Crippen molar-refractivity contribution in [3.05, 3.63) is 27.7 Å². The van der Waals surface area contributed by atoms with Gasteiger partial charge in [0.15, 0.2) is 0 Å². The lowest BCUT2D eigenvalue weighted by atomic mass is 10.2. The third-order valence-electron chi connectivity index (χ3n) is 1.84. The van der Waals surface area contributed by atoms with E-state index in [1.165, 1.54) is 6.07 Å². The van der Waals surface area contributed by atoms with E-state index >= 15 is 0 Å². The van der Waals surface area contributed by atoms with Gasteiger partial charge >= 0.3 is 5.97 Å². The van der Waals surface area contributed by atoms with Crippen LogP contribution in [-0.2, 0) is 13.8 Å². The van der Waals surface area contributed by atoms with E-state index in [4.69, 9.17) is 38.6 Å². The van der Waals surface area contributed by atoms with Gasteiger partial charge in [-0.15, -0.1) is 0 Å². The summed E-state index contributed by atoms with van der Waals surface area (Å²) in [7, 11) is 1.10. The third kappa shape index (κ3) is 3.75. The predicted octanol–water partition coefficient (Wildman–Crippen LogP) is 3.49. The standard InChI is InChI=1S/C10H9Cl3O4S/c1-5(2)17-10(14)6-3-7(11)9(12)8(4-6)18(13,15)16/h3-5H,1-2H3. The summed E-state index contributed by atoms with van der Waals surface area (Å²) in [4.78, 5) is 11.2. The van der Waals surface area contributed by atoms with Gasteiger partial charge in [0.1, 0.15) is 4.90 Å². The van der Waals surface area contributed by atoms with Crippen LogP contribution < -0.4 is 0 Å².